The van der Waals surface area contributed by atoms with Crippen LogP contribution in [0.1, 0.15) is 24.1 Å². The maximum absolute atomic E-state index is 13.1. The van der Waals surface area contributed by atoms with Crippen molar-refractivity contribution in [2.75, 3.05) is 34.5 Å². The Morgan fingerprint density at radius 3 is 2.41 bits per heavy atom. The second-order valence-electron chi connectivity index (χ2n) is 7.16. The Balaban J connectivity index is 2.07. The lowest BCUT2D eigenvalue weighted by atomic mass is 9.93. The topological polar surface area (TPSA) is 86.3 Å². The first-order valence-electron chi connectivity index (χ1n) is 10.2. The summed E-state index contributed by atoms with van der Waals surface area (Å²) in [5.41, 5.74) is 2.36. The molecule has 32 heavy (non-hydrogen) atoms. The standard InChI is InChI=1S/C24H28N2O6/c1-16-20(23(27)32-14-13-29-2)21(18-11-8-12-19(30-3)22(18)31-4)25-24(28)26(16)15-17-9-6-5-7-10-17/h5-12,21H,13-15H2,1-4H3,(H,25,28)/t21-/m0/s1. The summed E-state index contributed by atoms with van der Waals surface area (Å²) in [6.07, 6.45) is 0. The van der Waals surface area contributed by atoms with Crippen LogP contribution in [0.2, 0.25) is 0 Å². The van der Waals surface area contributed by atoms with Crippen molar-refractivity contribution >= 4 is 12.0 Å². The molecule has 8 nitrogen and oxygen atoms in total. The molecule has 1 heterocycles. The number of urea groups is 1. The van der Waals surface area contributed by atoms with E-state index >= 15 is 0 Å². The van der Waals surface area contributed by atoms with Crippen molar-refractivity contribution in [1.29, 1.82) is 0 Å². The van der Waals surface area contributed by atoms with E-state index in [4.69, 9.17) is 18.9 Å². The second-order valence-corrected chi connectivity index (χ2v) is 7.16. The predicted octanol–water partition coefficient (Wildman–Crippen LogP) is 3.43. The van der Waals surface area contributed by atoms with Crippen LogP contribution in [-0.2, 0) is 20.8 Å². The molecule has 0 radical (unpaired) electrons. The summed E-state index contributed by atoms with van der Waals surface area (Å²) in [5, 5.41) is 2.94. The molecular formula is C24H28N2O6. The number of benzene rings is 2. The van der Waals surface area contributed by atoms with Crippen LogP contribution in [0.3, 0.4) is 0 Å². The monoisotopic (exact) mass is 440 g/mol. The van der Waals surface area contributed by atoms with Crippen molar-refractivity contribution in [3.05, 3.63) is 70.9 Å². The maximum Gasteiger partial charge on any atom is 0.338 e. The summed E-state index contributed by atoms with van der Waals surface area (Å²) in [6.45, 7) is 2.43. The molecule has 0 fully saturated rings. The highest BCUT2D eigenvalue weighted by molar-refractivity contribution is 5.95. The van der Waals surface area contributed by atoms with E-state index in [9.17, 15) is 9.59 Å². The molecule has 0 spiro atoms. The molecule has 0 saturated carbocycles. The Hall–Kier alpha value is -3.52. The maximum atomic E-state index is 13.1. The van der Waals surface area contributed by atoms with Gasteiger partial charge in [0, 0.05) is 18.4 Å². The van der Waals surface area contributed by atoms with Gasteiger partial charge < -0.3 is 24.3 Å². The summed E-state index contributed by atoms with van der Waals surface area (Å²) >= 11 is 0. The fourth-order valence-electron chi connectivity index (χ4n) is 3.67. The quantitative estimate of drug-likeness (QED) is 0.475. The van der Waals surface area contributed by atoms with Crippen molar-refractivity contribution in [2.45, 2.75) is 19.5 Å². The Morgan fingerprint density at radius 1 is 1.00 bits per heavy atom. The minimum absolute atomic E-state index is 0.0979. The lowest BCUT2D eigenvalue weighted by Gasteiger charge is -2.36. The average molecular weight is 440 g/mol. The molecule has 1 aliphatic rings. The first-order valence-corrected chi connectivity index (χ1v) is 10.2. The highest BCUT2D eigenvalue weighted by Crippen LogP contribution is 2.40. The lowest BCUT2D eigenvalue weighted by Crippen LogP contribution is -2.47. The van der Waals surface area contributed by atoms with E-state index in [1.165, 1.54) is 26.2 Å². The summed E-state index contributed by atoms with van der Waals surface area (Å²) in [5.74, 6) is 0.398. The van der Waals surface area contributed by atoms with E-state index in [2.05, 4.69) is 5.32 Å². The fourth-order valence-corrected chi connectivity index (χ4v) is 3.67. The molecule has 1 N–H and O–H groups in total. The number of hydrogen-bond acceptors (Lipinski definition) is 6. The highest BCUT2D eigenvalue weighted by atomic mass is 16.6. The number of rotatable bonds is 9. The number of ether oxygens (including phenoxy) is 4. The van der Waals surface area contributed by atoms with E-state index in [-0.39, 0.29) is 19.2 Å². The predicted molar refractivity (Wildman–Crippen MR) is 118 cm³/mol. The van der Waals surface area contributed by atoms with Gasteiger partial charge in [0.2, 0.25) is 0 Å². The summed E-state index contributed by atoms with van der Waals surface area (Å²) in [4.78, 5) is 27.8. The molecule has 170 valence electrons. The van der Waals surface area contributed by atoms with Gasteiger partial charge in [-0.05, 0) is 18.6 Å². The van der Waals surface area contributed by atoms with Gasteiger partial charge in [-0.1, -0.05) is 42.5 Å². The van der Waals surface area contributed by atoms with Crippen molar-refractivity contribution in [2.24, 2.45) is 0 Å². The van der Waals surface area contributed by atoms with Crippen LogP contribution in [0.25, 0.3) is 0 Å². The van der Waals surface area contributed by atoms with Gasteiger partial charge in [-0.25, -0.2) is 9.59 Å². The zero-order valence-electron chi connectivity index (χ0n) is 18.7. The molecule has 8 heteroatoms. The van der Waals surface area contributed by atoms with Crippen molar-refractivity contribution < 1.29 is 28.5 Å². The van der Waals surface area contributed by atoms with Gasteiger partial charge in [-0.3, -0.25) is 4.90 Å². The number of nitrogens with zero attached hydrogens (tertiary/aromatic N) is 1. The van der Waals surface area contributed by atoms with Gasteiger partial charge in [-0.15, -0.1) is 0 Å². The van der Waals surface area contributed by atoms with Crippen LogP contribution in [0.5, 0.6) is 11.5 Å². The minimum atomic E-state index is -0.769. The molecule has 2 aromatic carbocycles. The second kappa shape index (κ2) is 10.7. The Bertz CT molecular complexity index is 989. The number of methoxy groups -OCH3 is 3. The molecule has 0 saturated heterocycles. The smallest absolute Gasteiger partial charge is 0.338 e. The summed E-state index contributed by atoms with van der Waals surface area (Å²) in [6, 6.07) is 13.8. The first-order chi connectivity index (χ1) is 15.5. The molecule has 1 aliphatic heterocycles. The van der Waals surface area contributed by atoms with Crippen LogP contribution >= 0.6 is 0 Å². The zero-order chi connectivity index (χ0) is 23.1. The third-order valence-electron chi connectivity index (χ3n) is 5.26. The van der Waals surface area contributed by atoms with Gasteiger partial charge in [0.1, 0.15) is 6.61 Å². The molecule has 1 atom stereocenters. The number of para-hydroxylation sites is 1. The normalized spacial score (nSPS) is 15.9. The molecule has 0 bridgehead atoms. The van der Waals surface area contributed by atoms with Gasteiger partial charge in [0.15, 0.2) is 11.5 Å². The molecule has 2 aromatic rings. The lowest BCUT2D eigenvalue weighted by molar-refractivity contribution is -0.140. The number of nitrogens with one attached hydrogen (secondary N) is 1. The first kappa shape index (κ1) is 23.1. The van der Waals surface area contributed by atoms with Gasteiger partial charge in [-0.2, -0.15) is 0 Å². The Kier molecular flexibility index (Phi) is 7.72. The summed E-state index contributed by atoms with van der Waals surface area (Å²) in [7, 11) is 4.58. The molecule has 0 aliphatic carbocycles. The number of amides is 2. The number of allylic oxidation sites excluding steroid dienone is 1. The van der Waals surface area contributed by atoms with E-state index in [0.29, 0.717) is 34.9 Å². The SMILES string of the molecule is COCCOC(=O)C1=C(C)N(Cc2ccccc2)C(=O)N[C@H]1c1cccc(OC)c1OC. The minimum Gasteiger partial charge on any atom is -0.493 e. The van der Waals surface area contributed by atoms with Crippen LogP contribution < -0.4 is 14.8 Å². The largest absolute Gasteiger partial charge is 0.493 e. The zero-order valence-corrected chi connectivity index (χ0v) is 18.7. The van der Waals surface area contributed by atoms with E-state index in [1.807, 2.05) is 30.3 Å². The Morgan fingerprint density at radius 2 is 1.75 bits per heavy atom. The van der Waals surface area contributed by atoms with E-state index in [0.717, 1.165) is 5.56 Å². The number of carbonyl (C=O) groups excluding carboxylic acids is 2. The van der Waals surface area contributed by atoms with Crippen molar-refractivity contribution in [1.82, 2.24) is 10.2 Å². The molecular weight excluding hydrogens is 412 g/mol. The van der Waals surface area contributed by atoms with Crippen LogP contribution in [-0.4, -0.2) is 51.4 Å². The van der Waals surface area contributed by atoms with Crippen molar-refractivity contribution in [3.8, 4) is 11.5 Å². The average Bonchev–Trinajstić information content (AvgIpc) is 2.81. The highest BCUT2D eigenvalue weighted by Gasteiger charge is 2.38. The summed E-state index contributed by atoms with van der Waals surface area (Å²) < 4.78 is 21.4. The van der Waals surface area contributed by atoms with E-state index in [1.54, 1.807) is 25.1 Å². The molecule has 2 amide bonds. The van der Waals surface area contributed by atoms with Crippen molar-refractivity contribution in [3.63, 3.8) is 0 Å². The third-order valence-corrected chi connectivity index (χ3v) is 5.26. The van der Waals surface area contributed by atoms with E-state index < -0.39 is 12.0 Å². The van der Waals surface area contributed by atoms with Crippen LogP contribution in [0.4, 0.5) is 4.79 Å². The number of carbonyl (C=O) groups is 2. The molecule has 0 aromatic heterocycles. The van der Waals surface area contributed by atoms with Crippen LogP contribution in [0, 0.1) is 0 Å². The Labute approximate surface area is 187 Å². The van der Waals surface area contributed by atoms with Gasteiger partial charge in [0.05, 0.1) is 39.0 Å². The number of esters is 1. The fraction of sp³-hybridized carbons (Fsp3) is 0.333. The van der Waals surface area contributed by atoms with Gasteiger partial charge in [0.25, 0.3) is 0 Å². The van der Waals surface area contributed by atoms with Gasteiger partial charge >= 0.3 is 12.0 Å². The molecule has 3 rings (SSSR count). The number of hydrogen-bond donors (Lipinski definition) is 1. The third kappa shape index (κ3) is 4.86. The molecule has 0 unspecified atom stereocenters. The van der Waals surface area contributed by atoms with Crippen LogP contribution in [0.15, 0.2) is 59.8 Å².